The van der Waals surface area contributed by atoms with Gasteiger partial charge in [-0.15, -0.1) is 0 Å². The monoisotopic (exact) mass is 482 g/mol. The molecule has 0 aliphatic heterocycles. The molecule has 2 aromatic rings. The minimum Gasteiger partial charge on any atom is -0.456 e. The topological polar surface area (TPSA) is 142 Å². The Labute approximate surface area is 192 Å². The van der Waals surface area contributed by atoms with Crippen molar-refractivity contribution in [1.29, 1.82) is 0 Å². The molecule has 172 valence electrons. The van der Waals surface area contributed by atoms with Crippen LogP contribution in [0.5, 0.6) is 0 Å². The van der Waals surface area contributed by atoms with E-state index in [1.807, 2.05) is 6.26 Å². The predicted octanol–water partition coefficient (Wildman–Crippen LogP) is 0.597. The lowest BCUT2D eigenvalue weighted by Crippen LogP contribution is -2.44. The molecular weight excluding hydrogens is 460 g/mol. The third kappa shape index (κ3) is 5.60. The normalized spacial score (nSPS) is 11.6. The van der Waals surface area contributed by atoms with E-state index in [-0.39, 0.29) is 22.8 Å². The van der Waals surface area contributed by atoms with E-state index in [0.29, 0.717) is 5.75 Å². The van der Waals surface area contributed by atoms with Crippen molar-refractivity contribution in [2.45, 2.75) is 12.5 Å². The summed E-state index contributed by atoms with van der Waals surface area (Å²) in [5.41, 5.74) is 3.89. The van der Waals surface area contributed by atoms with Crippen molar-refractivity contribution in [3.05, 3.63) is 61.3 Å². The van der Waals surface area contributed by atoms with Gasteiger partial charge in [-0.2, -0.15) is 11.8 Å². The molecule has 10 nitrogen and oxygen atoms in total. The summed E-state index contributed by atoms with van der Waals surface area (Å²) < 4.78 is 6.75. The van der Waals surface area contributed by atoms with Gasteiger partial charge in [0.05, 0.1) is 10.6 Å². The first kappa shape index (κ1) is 25.2. The lowest BCUT2D eigenvalue weighted by molar-refractivity contribution is -0.144. The number of anilines is 1. The number of ketones is 1. The van der Waals surface area contributed by atoms with Crippen molar-refractivity contribution in [1.82, 2.24) is 14.5 Å². The van der Waals surface area contributed by atoms with Crippen LogP contribution < -0.4 is 22.3 Å². The number of thioether (sulfide) groups is 1. The molecule has 0 saturated heterocycles. The van der Waals surface area contributed by atoms with E-state index in [1.54, 1.807) is 18.2 Å². The summed E-state index contributed by atoms with van der Waals surface area (Å²) in [6.07, 6.45) is 2.08. The summed E-state index contributed by atoms with van der Waals surface area (Å²) >= 11 is 7.49. The molecule has 0 saturated carbocycles. The lowest BCUT2D eigenvalue weighted by atomic mass is 10.1. The van der Waals surface area contributed by atoms with E-state index < -0.39 is 47.1 Å². The van der Waals surface area contributed by atoms with Gasteiger partial charge >= 0.3 is 11.7 Å². The maximum absolute atomic E-state index is 12.6. The van der Waals surface area contributed by atoms with Crippen molar-refractivity contribution in [3.8, 4) is 0 Å². The number of carbonyl (C=O) groups is 3. The van der Waals surface area contributed by atoms with E-state index >= 15 is 0 Å². The summed E-state index contributed by atoms with van der Waals surface area (Å²) in [6, 6.07) is 5.31. The molecule has 1 heterocycles. The molecule has 0 radical (unpaired) electrons. The van der Waals surface area contributed by atoms with Crippen molar-refractivity contribution in [2.75, 3.05) is 24.3 Å². The molecule has 3 N–H and O–H groups in total. The zero-order valence-electron chi connectivity index (χ0n) is 17.7. The number of aromatic nitrogens is 2. The third-order valence-electron chi connectivity index (χ3n) is 4.65. The van der Waals surface area contributed by atoms with Crippen LogP contribution in [0.4, 0.5) is 5.82 Å². The Bertz CT molecular complexity index is 1160. The fourth-order valence-electron chi connectivity index (χ4n) is 2.80. The number of Topliss-reactive ketones (excluding diaryl/α,β-unsaturated/α-hetero) is 1. The highest BCUT2D eigenvalue weighted by Gasteiger charge is 2.26. The van der Waals surface area contributed by atoms with Gasteiger partial charge in [-0.3, -0.25) is 23.5 Å². The number of nitrogens with two attached hydrogens (primary N) is 1. The Hall–Kier alpha value is -3.05. The van der Waals surface area contributed by atoms with Gasteiger partial charge in [0.1, 0.15) is 17.4 Å². The smallest absolute Gasteiger partial charge is 0.332 e. The Morgan fingerprint density at radius 2 is 1.84 bits per heavy atom. The molecule has 0 spiro atoms. The van der Waals surface area contributed by atoms with Gasteiger partial charge in [0.25, 0.3) is 11.5 Å². The Balaban J connectivity index is 2.16. The zero-order chi connectivity index (χ0) is 24.0. The SMILES string of the molecule is CSCCC(NC(=O)c1ccccc1Cl)C(=O)OCC(=O)c1c(N)n(C)c(=O)n(C)c1=O. The molecule has 0 fully saturated rings. The first-order valence-electron chi connectivity index (χ1n) is 9.39. The average Bonchev–Trinajstić information content (AvgIpc) is 2.77. The first-order chi connectivity index (χ1) is 15.1. The molecule has 32 heavy (non-hydrogen) atoms. The van der Waals surface area contributed by atoms with Crippen LogP contribution in [0.1, 0.15) is 27.1 Å². The number of esters is 1. The summed E-state index contributed by atoms with van der Waals surface area (Å²) in [5.74, 6) is -2.09. The van der Waals surface area contributed by atoms with Gasteiger partial charge < -0.3 is 15.8 Å². The molecule has 1 aromatic carbocycles. The van der Waals surface area contributed by atoms with Crippen LogP contribution in [0, 0.1) is 0 Å². The fourth-order valence-corrected chi connectivity index (χ4v) is 3.49. The second-order valence-electron chi connectivity index (χ2n) is 6.78. The van der Waals surface area contributed by atoms with Gasteiger partial charge in [0, 0.05) is 14.1 Å². The lowest BCUT2D eigenvalue weighted by Gasteiger charge is -2.18. The maximum atomic E-state index is 12.6. The van der Waals surface area contributed by atoms with E-state index in [9.17, 15) is 24.0 Å². The molecule has 1 aromatic heterocycles. The van der Waals surface area contributed by atoms with E-state index in [1.165, 1.54) is 31.9 Å². The number of amides is 1. The second-order valence-corrected chi connectivity index (χ2v) is 8.18. The van der Waals surface area contributed by atoms with Crippen LogP contribution in [-0.2, 0) is 23.6 Å². The molecule has 12 heteroatoms. The molecule has 1 unspecified atom stereocenters. The summed E-state index contributed by atoms with van der Waals surface area (Å²) in [5, 5.41) is 2.78. The van der Waals surface area contributed by atoms with Gasteiger partial charge in [-0.1, -0.05) is 23.7 Å². The highest BCUT2D eigenvalue weighted by molar-refractivity contribution is 7.98. The van der Waals surface area contributed by atoms with E-state index in [0.717, 1.165) is 9.13 Å². The molecule has 0 bridgehead atoms. The number of nitrogen functional groups attached to an aromatic ring is 1. The summed E-state index contributed by atoms with van der Waals surface area (Å²) in [4.78, 5) is 61.8. The molecule has 1 atom stereocenters. The van der Waals surface area contributed by atoms with Crippen molar-refractivity contribution >= 4 is 46.8 Å². The third-order valence-corrected chi connectivity index (χ3v) is 5.63. The van der Waals surface area contributed by atoms with Crippen molar-refractivity contribution in [2.24, 2.45) is 14.1 Å². The molecule has 0 aliphatic rings. The van der Waals surface area contributed by atoms with E-state index in [4.69, 9.17) is 22.1 Å². The van der Waals surface area contributed by atoms with Crippen LogP contribution in [-0.4, -0.2) is 51.5 Å². The van der Waals surface area contributed by atoms with Gasteiger partial charge in [0.15, 0.2) is 6.61 Å². The number of hydrogen-bond acceptors (Lipinski definition) is 8. The number of carbonyl (C=O) groups excluding carboxylic acids is 3. The van der Waals surface area contributed by atoms with Crippen LogP contribution in [0.15, 0.2) is 33.9 Å². The van der Waals surface area contributed by atoms with Crippen molar-refractivity contribution in [3.63, 3.8) is 0 Å². The van der Waals surface area contributed by atoms with Crippen LogP contribution >= 0.6 is 23.4 Å². The maximum Gasteiger partial charge on any atom is 0.332 e. The number of rotatable bonds is 9. The van der Waals surface area contributed by atoms with Gasteiger partial charge in [-0.25, -0.2) is 9.59 Å². The summed E-state index contributed by atoms with van der Waals surface area (Å²) in [6.45, 7) is -0.784. The Morgan fingerprint density at radius 1 is 1.19 bits per heavy atom. The number of benzene rings is 1. The number of hydrogen-bond donors (Lipinski definition) is 2. The highest BCUT2D eigenvalue weighted by atomic mass is 35.5. The Morgan fingerprint density at radius 3 is 2.47 bits per heavy atom. The Kier molecular flexibility index (Phi) is 8.67. The molecule has 1 amide bonds. The number of halogens is 1. The molecular formula is C20H23ClN4O6S. The fraction of sp³-hybridized carbons (Fsp3) is 0.350. The molecule has 2 rings (SSSR count). The zero-order valence-corrected chi connectivity index (χ0v) is 19.3. The predicted molar refractivity (Wildman–Crippen MR) is 122 cm³/mol. The van der Waals surface area contributed by atoms with Gasteiger partial charge in [0.2, 0.25) is 5.78 Å². The largest absolute Gasteiger partial charge is 0.456 e. The minimum atomic E-state index is -1.04. The number of ether oxygens (including phenoxy) is 1. The number of nitrogens with zero attached hydrogens (tertiary/aromatic N) is 2. The molecule has 0 aliphatic carbocycles. The average molecular weight is 483 g/mol. The van der Waals surface area contributed by atoms with E-state index in [2.05, 4.69) is 5.32 Å². The first-order valence-corrected chi connectivity index (χ1v) is 11.2. The quantitative estimate of drug-likeness (QED) is 0.390. The standard InChI is InChI=1S/C20H23ClN4O6S/c1-24-16(22)15(18(28)25(2)20(24)30)14(26)10-31-19(29)13(8-9-32-3)23-17(27)11-6-4-5-7-12(11)21/h4-7,13H,8-10,22H2,1-3H3,(H,23,27). The van der Waals surface area contributed by atoms with Gasteiger partial charge in [-0.05, 0) is 30.6 Å². The summed E-state index contributed by atoms with van der Waals surface area (Å²) in [7, 11) is 2.51. The van der Waals surface area contributed by atoms with Crippen molar-refractivity contribution < 1.29 is 19.1 Å². The van der Waals surface area contributed by atoms with Crippen LogP contribution in [0.3, 0.4) is 0 Å². The van der Waals surface area contributed by atoms with Crippen LogP contribution in [0.2, 0.25) is 5.02 Å². The second kappa shape index (κ2) is 11.0. The minimum absolute atomic E-state index is 0.189. The van der Waals surface area contributed by atoms with Crippen LogP contribution in [0.25, 0.3) is 0 Å². The highest BCUT2D eigenvalue weighted by Crippen LogP contribution is 2.15. The number of nitrogens with one attached hydrogen (secondary N) is 1.